The first-order chi connectivity index (χ1) is 12.5. The molecule has 2 aromatic carbocycles. The highest BCUT2D eigenvalue weighted by atomic mass is 35.5. The van der Waals surface area contributed by atoms with Gasteiger partial charge in [-0.3, -0.25) is 9.69 Å². The van der Waals surface area contributed by atoms with E-state index in [9.17, 15) is 4.79 Å². The van der Waals surface area contributed by atoms with Gasteiger partial charge >= 0.3 is 0 Å². The van der Waals surface area contributed by atoms with Gasteiger partial charge in [0, 0.05) is 18.0 Å². The lowest BCUT2D eigenvalue weighted by Crippen LogP contribution is -2.40. The Kier molecular flexibility index (Phi) is 4.25. The molecular weight excluding hydrogens is 372 g/mol. The molecule has 0 bridgehead atoms. The van der Waals surface area contributed by atoms with Gasteiger partial charge in [-0.25, -0.2) is 0 Å². The molecule has 0 spiro atoms. The Morgan fingerprint density at radius 2 is 1.69 bits per heavy atom. The predicted molar refractivity (Wildman–Crippen MR) is 104 cm³/mol. The largest absolute Gasteiger partial charge is 0.493 e. The maximum atomic E-state index is 13.0. The van der Waals surface area contributed by atoms with Gasteiger partial charge in [0.05, 0.1) is 19.9 Å². The van der Waals surface area contributed by atoms with Crippen LogP contribution >= 0.6 is 23.8 Å². The first kappa shape index (κ1) is 17.1. The molecule has 2 heterocycles. The van der Waals surface area contributed by atoms with E-state index in [1.807, 2.05) is 29.2 Å². The molecule has 5 nitrogen and oxygen atoms in total. The Bertz CT molecular complexity index is 849. The molecular formula is C19H17ClN2O3S. The summed E-state index contributed by atoms with van der Waals surface area (Å²) in [4.78, 5) is 16.6. The number of nitrogens with zero attached hydrogens (tertiary/aromatic N) is 2. The highest BCUT2D eigenvalue weighted by Gasteiger charge is 2.45. The van der Waals surface area contributed by atoms with Crippen molar-refractivity contribution in [1.29, 1.82) is 0 Å². The van der Waals surface area contributed by atoms with Crippen molar-refractivity contribution >= 4 is 40.5 Å². The number of hydrogen-bond acceptors (Lipinski definition) is 4. The lowest BCUT2D eigenvalue weighted by molar-refractivity contribution is -0.119. The SMILES string of the molecule is COc1cc2c(cc1OC)CN1C(=S)N(c3ccc(Cl)cc3)C(=O)[C@@H]1C2. The van der Waals surface area contributed by atoms with E-state index in [4.69, 9.17) is 33.3 Å². The number of carbonyl (C=O) groups excluding carboxylic acids is 1. The minimum Gasteiger partial charge on any atom is -0.493 e. The number of hydrogen-bond donors (Lipinski definition) is 0. The Morgan fingerprint density at radius 3 is 2.31 bits per heavy atom. The van der Waals surface area contributed by atoms with E-state index >= 15 is 0 Å². The molecule has 134 valence electrons. The summed E-state index contributed by atoms with van der Waals surface area (Å²) in [5, 5.41) is 1.14. The Labute approximate surface area is 162 Å². The van der Waals surface area contributed by atoms with Crippen molar-refractivity contribution in [3.05, 3.63) is 52.5 Å². The Morgan fingerprint density at radius 1 is 1.08 bits per heavy atom. The van der Waals surface area contributed by atoms with E-state index in [1.165, 1.54) is 0 Å². The van der Waals surface area contributed by atoms with Gasteiger partial charge in [-0.1, -0.05) is 11.6 Å². The van der Waals surface area contributed by atoms with Crippen LogP contribution in [-0.4, -0.2) is 36.2 Å². The number of halogens is 1. The van der Waals surface area contributed by atoms with Crippen LogP contribution in [0.5, 0.6) is 11.5 Å². The summed E-state index contributed by atoms with van der Waals surface area (Å²) in [6.45, 7) is 0.565. The van der Waals surface area contributed by atoms with Crippen molar-refractivity contribution in [3.8, 4) is 11.5 Å². The molecule has 1 fully saturated rings. The maximum absolute atomic E-state index is 13.0. The van der Waals surface area contributed by atoms with Crippen molar-refractivity contribution < 1.29 is 14.3 Å². The Hall–Kier alpha value is -2.31. The van der Waals surface area contributed by atoms with Crippen LogP contribution in [0.25, 0.3) is 0 Å². The van der Waals surface area contributed by atoms with E-state index in [-0.39, 0.29) is 11.9 Å². The van der Waals surface area contributed by atoms with Crippen molar-refractivity contribution in [2.45, 2.75) is 19.0 Å². The topological polar surface area (TPSA) is 42.0 Å². The van der Waals surface area contributed by atoms with E-state index in [0.717, 1.165) is 16.8 Å². The molecule has 0 aromatic heterocycles. The number of rotatable bonds is 3. The average Bonchev–Trinajstić information content (AvgIpc) is 2.90. The summed E-state index contributed by atoms with van der Waals surface area (Å²) in [6.07, 6.45) is 0.582. The summed E-state index contributed by atoms with van der Waals surface area (Å²) < 4.78 is 10.8. The third-order valence-electron chi connectivity index (χ3n) is 4.86. The molecule has 7 heteroatoms. The lowest BCUT2D eigenvalue weighted by atomic mass is 9.94. The molecule has 2 aromatic rings. The monoisotopic (exact) mass is 388 g/mol. The van der Waals surface area contributed by atoms with Crippen LogP contribution in [0.2, 0.25) is 5.02 Å². The van der Waals surface area contributed by atoms with Crippen LogP contribution < -0.4 is 14.4 Å². The third kappa shape index (κ3) is 2.61. The van der Waals surface area contributed by atoms with Gasteiger partial charge in [0.25, 0.3) is 5.91 Å². The standard InChI is InChI=1S/C19H17ClN2O3S/c1-24-16-8-11-7-15-18(23)22(14-5-3-13(20)4-6-14)19(26)21(15)10-12(11)9-17(16)25-2/h3-6,8-9,15H,7,10H2,1-2H3/t15-/m0/s1. The van der Waals surface area contributed by atoms with Gasteiger partial charge in [-0.2, -0.15) is 0 Å². The fraction of sp³-hybridized carbons (Fsp3) is 0.263. The molecule has 2 aliphatic rings. The average molecular weight is 389 g/mol. The van der Waals surface area contributed by atoms with Crippen LogP contribution in [0, 0.1) is 0 Å². The van der Waals surface area contributed by atoms with Gasteiger partial charge in [0.2, 0.25) is 0 Å². The number of anilines is 1. The first-order valence-corrected chi connectivity index (χ1v) is 8.96. The summed E-state index contributed by atoms with van der Waals surface area (Å²) in [7, 11) is 3.22. The number of amides is 1. The zero-order valence-electron chi connectivity index (χ0n) is 14.4. The van der Waals surface area contributed by atoms with Crippen molar-refractivity contribution in [3.63, 3.8) is 0 Å². The second-order valence-corrected chi connectivity index (χ2v) is 7.06. The molecule has 1 saturated heterocycles. The van der Waals surface area contributed by atoms with Gasteiger partial charge in [0.1, 0.15) is 6.04 Å². The van der Waals surface area contributed by atoms with Crippen LogP contribution in [0.15, 0.2) is 36.4 Å². The predicted octanol–water partition coefficient (Wildman–Crippen LogP) is 3.42. The van der Waals surface area contributed by atoms with E-state index in [2.05, 4.69) is 0 Å². The summed E-state index contributed by atoms with van der Waals surface area (Å²) >= 11 is 11.6. The first-order valence-electron chi connectivity index (χ1n) is 8.17. The molecule has 0 unspecified atom stereocenters. The van der Waals surface area contributed by atoms with Crippen LogP contribution in [0.4, 0.5) is 5.69 Å². The summed E-state index contributed by atoms with van der Waals surface area (Å²) in [6, 6.07) is 10.7. The smallest absolute Gasteiger partial charge is 0.256 e. The molecule has 4 rings (SSSR count). The van der Waals surface area contributed by atoms with E-state index < -0.39 is 0 Å². The highest BCUT2D eigenvalue weighted by Crippen LogP contribution is 2.38. The maximum Gasteiger partial charge on any atom is 0.256 e. The second-order valence-electron chi connectivity index (χ2n) is 6.26. The zero-order valence-corrected chi connectivity index (χ0v) is 15.9. The fourth-order valence-corrected chi connectivity index (χ4v) is 4.05. The molecule has 1 atom stereocenters. The molecule has 2 aliphatic heterocycles. The third-order valence-corrected chi connectivity index (χ3v) is 5.53. The summed E-state index contributed by atoms with van der Waals surface area (Å²) in [5.41, 5.74) is 2.91. The Balaban J connectivity index is 1.70. The minimum absolute atomic E-state index is 0.0160. The fourth-order valence-electron chi connectivity index (χ4n) is 3.53. The molecule has 26 heavy (non-hydrogen) atoms. The van der Waals surface area contributed by atoms with E-state index in [1.54, 1.807) is 31.3 Å². The quantitative estimate of drug-likeness (QED) is 0.754. The van der Waals surface area contributed by atoms with Crippen molar-refractivity contribution in [2.24, 2.45) is 0 Å². The van der Waals surface area contributed by atoms with Crippen LogP contribution in [0.1, 0.15) is 11.1 Å². The molecule has 1 amide bonds. The molecule has 0 N–H and O–H groups in total. The number of ether oxygens (including phenoxy) is 2. The van der Waals surface area contributed by atoms with Gasteiger partial charge < -0.3 is 14.4 Å². The van der Waals surface area contributed by atoms with Crippen molar-refractivity contribution in [2.75, 3.05) is 19.1 Å². The van der Waals surface area contributed by atoms with Gasteiger partial charge in [0.15, 0.2) is 16.6 Å². The number of benzene rings is 2. The summed E-state index contributed by atoms with van der Waals surface area (Å²) in [5.74, 6) is 1.33. The van der Waals surface area contributed by atoms with E-state index in [0.29, 0.717) is 34.6 Å². The van der Waals surface area contributed by atoms with Crippen LogP contribution in [0.3, 0.4) is 0 Å². The second kappa shape index (κ2) is 6.45. The van der Waals surface area contributed by atoms with Crippen LogP contribution in [-0.2, 0) is 17.8 Å². The number of fused-ring (bicyclic) bond motifs is 2. The van der Waals surface area contributed by atoms with Gasteiger partial charge in [-0.05, 0) is 59.7 Å². The number of carbonyl (C=O) groups is 1. The van der Waals surface area contributed by atoms with Crippen molar-refractivity contribution in [1.82, 2.24) is 4.90 Å². The van der Waals surface area contributed by atoms with Gasteiger partial charge in [-0.15, -0.1) is 0 Å². The minimum atomic E-state index is -0.302. The number of methoxy groups -OCH3 is 2. The zero-order chi connectivity index (χ0) is 18.4. The normalized spacial score (nSPS) is 18.7. The number of thiocarbonyl (C=S) groups is 1. The molecule has 0 aliphatic carbocycles. The highest BCUT2D eigenvalue weighted by molar-refractivity contribution is 7.80. The molecule has 0 saturated carbocycles. The molecule has 0 radical (unpaired) electrons. The lowest BCUT2D eigenvalue weighted by Gasteiger charge is -2.31.